The zero-order valence-electron chi connectivity index (χ0n) is 19.4. The maximum atomic E-state index is 13.8. The minimum Gasteiger partial charge on any atom is -0.396 e. The van der Waals surface area contributed by atoms with E-state index in [9.17, 15) is 19.5 Å². The predicted molar refractivity (Wildman–Crippen MR) is 144 cm³/mol. The molecule has 2 aromatic carbocycles. The highest BCUT2D eigenvalue weighted by molar-refractivity contribution is 9.09. The lowest BCUT2D eigenvalue weighted by Crippen LogP contribution is -2.53. The van der Waals surface area contributed by atoms with Crippen LogP contribution in [0.3, 0.4) is 0 Å². The zero-order valence-corrected chi connectivity index (χ0v) is 22.6. The highest BCUT2D eigenvalue weighted by Gasteiger charge is 2.75. The molecule has 0 aromatic heterocycles. The van der Waals surface area contributed by atoms with E-state index in [1.165, 1.54) is 0 Å². The van der Waals surface area contributed by atoms with E-state index < -0.39 is 22.6 Å². The van der Waals surface area contributed by atoms with Crippen LogP contribution in [-0.2, 0) is 20.9 Å². The minimum atomic E-state index is -0.778. The van der Waals surface area contributed by atoms with Crippen molar-refractivity contribution in [3.05, 3.63) is 65.2 Å². The van der Waals surface area contributed by atoms with Crippen molar-refractivity contribution in [3.63, 3.8) is 0 Å². The molecule has 3 saturated heterocycles. The topological polar surface area (TPSA) is 98.7 Å². The highest BCUT2D eigenvalue weighted by atomic mass is 79.9. The summed E-state index contributed by atoms with van der Waals surface area (Å²) in [4.78, 5) is 42.6. The number of benzene rings is 2. The Labute approximate surface area is 227 Å². The molecule has 0 radical (unpaired) electrons. The Hall–Kier alpha value is -2.07. The lowest BCUT2D eigenvalue weighted by Gasteiger charge is -2.35. The molecule has 3 fully saturated rings. The van der Waals surface area contributed by atoms with Crippen molar-refractivity contribution in [1.29, 1.82) is 0 Å². The van der Waals surface area contributed by atoms with Gasteiger partial charge in [-0.3, -0.25) is 14.4 Å². The first-order chi connectivity index (χ1) is 17.4. The Morgan fingerprint density at radius 3 is 2.58 bits per heavy atom. The number of carbonyl (C=O) groups excluding carboxylic acids is 3. The molecule has 3 unspecified atom stereocenters. The van der Waals surface area contributed by atoms with Crippen molar-refractivity contribution in [2.45, 2.75) is 40.3 Å². The fourth-order valence-electron chi connectivity index (χ4n) is 5.88. The number of hydrogen-bond donors (Lipinski definition) is 3. The van der Waals surface area contributed by atoms with Crippen LogP contribution in [0.15, 0.2) is 54.6 Å². The summed E-state index contributed by atoms with van der Waals surface area (Å²) in [6.07, 6.45) is 0.943. The normalized spacial score (nSPS) is 30.4. The molecule has 1 spiro atoms. The van der Waals surface area contributed by atoms with Crippen molar-refractivity contribution < 1.29 is 19.5 Å². The number of carbonyl (C=O) groups is 3. The van der Waals surface area contributed by atoms with Crippen LogP contribution in [0.2, 0.25) is 5.02 Å². The summed E-state index contributed by atoms with van der Waals surface area (Å²) < 4.78 is -0.745. The number of nitrogens with one attached hydrogen (secondary N) is 2. The number of para-hydroxylation sites is 1. The Bertz CT molecular complexity index is 1170. The van der Waals surface area contributed by atoms with E-state index in [2.05, 4.69) is 26.6 Å². The van der Waals surface area contributed by atoms with Crippen LogP contribution in [0.5, 0.6) is 0 Å². The van der Waals surface area contributed by atoms with Gasteiger partial charge in [0, 0.05) is 29.8 Å². The molecular weight excluding hydrogens is 566 g/mol. The second-order valence-corrected chi connectivity index (χ2v) is 12.6. The van der Waals surface area contributed by atoms with Crippen molar-refractivity contribution in [2.75, 3.05) is 18.5 Å². The number of aliphatic hydroxyl groups is 1. The predicted octanol–water partition coefficient (Wildman–Crippen LogP) is 3.44. The quantitative estimate of drug-likeness (QED) is 0.408. The smallest absolute Gasteiger partial charge is 0.248 e. The van der Waals surface area contributed by atoms with E-state index >= 15 is 0 Å². The molecule has 3 N–H and O–H groups in total. The first-order valence-electron chi connectivity index (χ1n) is 12.0. The van der Waals surface area contributed by atoms with Gasteiger partial charge >= 0.3 is 0 Å². The van der Waals surface area contributed by atoms with Gasteiger partial charge in [-0.1, -0.05) is 70.0 Å². The average Bonchev–Trinajstić information content (AvgIpc) is 3.46. The molecule has 190 valence electrons. The molecular formula is C26H27BrClN3O4S. The van der Waals surface area contributed by atoms with Gasteiger partial charge in [0.15, 0.2) is 0 Å². The number of likely N-dealkylation sites (tertiary alicyclic amines) is 1. The lowest BCUT2D eigenvalue weighted by atomic mass is 9.70. The monoisotopic (exact) mass is 591 g/mol. The molecule has 2 bridgehead atoms. The fraction of sp³-hybridized carbons (Fsp3) is 0.423. The van der Waals surface area contributed by atoms with Gasteiger partial charge in [-0.05, 0) is 30.5 Å². The number of nitrogens with zero attached hydrogens (tertiary/aromatic N) is 1. The summed E-state index contributed by atoms with van der Waals surface area (Å²) in [5, 5.41) is 15.7. The first kappa shape index (κ1) is 25.6. The molecule has 3 aliphatic rings. The summed E-state index contributed by atoms with van der Waals surface area (Å²) in [5.74, 6) is -1.86. The average molecular weight is 593 g/mol. The minimum absolute atomic E-state index is 0.00701. The van der Waals surface area contributed by atoms with Crippen molar-refractivity contribution in [3.8, 4) is 0 Å². The second-order valence-electron chi connectivity index (χ2n) is 9.44. The molecule has 3 amide bonds. The largest absolute Gasteiger partial charge is 0.396 e. The molecule has 0 saturated carbocycles. The highest BCUT2D eigenvalue weighted by Crippen LogP contribution is 2.67. The Kier molecular flexibility index (Phi) is 7.36. The van der Waals surface area contributed by atoms with Crippen LogP contribution in [-0.4, -0.2) is 61.7 Å². The number of fused-ring (bicyclic) bond motifs is 1. The van der Waals surface area contributed by atoms with Crippen LogP contribution in [0.25, 0.3) is 0 Å². The summed E-state index contributed by atoms with van der Waals surface area (Å²) in [6, 6.07) is 15.8. The van der Waals surface area contributed by atoms with Crippen molar-refractivity contribution in [1.82, 2.24) is 10.2 Å². The van der Waals surface area contributed by atoms with E-state index in [1.807, 2.05) is 30.3 Å². The van der Waals surface area contributed by atoms with Gasteiger partial charge in [0.1, 0.15) is 6.04 Å². The number of halogens is 2. The molecule has 10 heteroatoms. The molecule has 0 aliphatic carbocycles. The standard InChI is InChI=1S/C26H27BrClN3O4S/c27-16-13-26-20(19(21(16)36-26)23(33)29-14-15-7-2-1-3-8-15)25(35)31(11-6-12-32)22(26)24(34)30-18-10-5-4-9-17(18)28/h1-5,7-10,16,19-22,32H,6,11-14H2,(H,29,33)(H,30,34)/t16?,19-,20+,21-,22?,26?/m1/s1. The van der Waals surface area contributed by atoms with E-state index in [1.54, 1.807) is 40.9 Å². The van der Waals surface area contributed by atoms with E-state index in [-0.39, 0.29) is 41.0 Å². The summed E-state index contributed by atoms with van der Waals surface area (Å²) in [5.41, 5.74) is 1.45. The summed E-state index contributed by atoms with van der Waals surface area (Å²) in [7, 11) is 0. The summed E-state index contributed by atoms with van der Waals surface area (Å²) in [6.45, 7) is 0.516. The Morgan fingerprint density at radius 2 is 1.86 bits per heavy atom. The van der Waals surface area contributed by atoms with Gasteiger partial charge in [0.2, 0.25) is 17.7 Å². The molecule has 2 aromatic rings. The lowest BCUT2D eigenvalue weighted by molar-refractivity contribution is -0.139. The Morgan fingerprint density at radius 1 is 1.14 bits per heavy atom. The van der Waals surface area contributed by atoms with Gasteiger partial charge in [-0.2, -0.15) is 0 Å². The van der Waals surface area contributed by atoms with Crippen LogP contribution < -0.4 is 10.6 Å². The van der Waals surface area contributed by atoms with Gasteiger partial charge < -0.3 is 20.6 Å². The molecule has 5 rings (SSSR count). The summed E-state index contributed by atoms with van der Waals surface area (Å²) >= 11 is 11.6. The molecule has 36 heavy (non-hydrogen) atoms. The molecule has 3 heterocycles. The number of anilines is 1. The van der Waals surface area contributed by atoms with Crippen molar-refractivity contribution in [2.24, 2.45) is 11.8 Å². The maximum Gasteiger partial charge on any atom is 0.248 e. The van der Waals surface area contributed by atoms with E-state index in [0.29, 0.717) is 30.1 Å². The fourth-order valence-corrected chi connectivity index (χ4v) is 9.67. The third kappa shape index (κ3) is 4.34. The van der Waals surface area contributed by atoms with Gasteiger partial charge in [-0.25, -0.2) is 0 Å². The van der Waals surface area contributed by atoms with E-state index in [0.717, 1.165) is 5.56 Å². The second kappa shape index (κ2) is 10.4. The molecule has 6 atom stereocenters. The third-order valence-electron chi connectivity index (χ3n) is 7.34. The molecule has 3 aliphatic heterocycles. The van der Waals surface area contributed by atoms with Gasteiger partial charge in [0.25, 0.3) is 0 Å². The number of alkyl halides is 1. The number of rotatable bonds is 8. The number of amides is 3. The van der Waals surface area contributed by atoms with Crippen LogP contribution in [0.1, 0.15) is 18.4 Å². The number of thioether (sulfide) groups is 1. The molecule has 7 nitrogen and oxygen atoms in total. The maximum absolute atomic E-state index is 13.8. The van der Waals surface area contributed by atoms with Crippen LogP contribution in [0, 0.1) is 11.8 Å². The van der Waals surface area contributed by atoms with E-state index in [4.69, 9.17) is 11.6 Å². The van der Waals surface area contributed by atoms with Gasteiger partial charge in [-0.15, -0.1) is 11.8 Å². The Balaban J connectivity index is 1.45. The van der Waals surface area contributed by atoms with Crippen LogP contribution in [0.4, 0.5) is 5.69 Å². The zero-order chi connectivity index (χ0) is 25.4. The van der Waals surface area contributed by atoms with Gasteiger partial charge in [0.05, 0.1) is 27.3 Å². The first-order valence-corrected chi connectivity index (χ1v) is 14.1. The van der Waals surface area contributed by atoms with Crippen LogP contribution >= 0.6 is 39.3 Å². The third-order valence-corrected chi connectivity index (χ3v) is 10.9. The number of hydrogen-bond acceptors (Lipinski definition) is 5. The number of aliphatic hydroxyl groups excluding tert-OH is 1. The SMILES string of the molecule is O=C(Nc1ccccc1Cl)C1N(CCCO)C(=O)[C@@H]2[C@@H](C(=O)NCc3ccccc3)[C@@H]3SC12CC3Br. The van der Waals surface area contributed by atoms with Crippen molar-refractivity contribution >= 4 is 62.7 Å².